The van der Waals surface area contributed by atoms with Gasteiger partial charge in [0, 0.05) is 10.6 Å². The fourth-order valence-electron chi connectivity index (χ4n) is 1.26. The van der Waals surface area contributed by atoms with Gasteiger partial charge in [0.25, 0.3) is 4.46 Å². The van der Waals surface area contributed by atoms with Gasteiger partial charge in [0.05, 0.1) is 10.7 Å². The first-order valence-corrected chi connectivity index (χ1v) is 5.13. The van der Waals surface area contributed by atoms with Gasteiger partial charge in [0.15, 0.2) is 0 Å². The second-order valence-electron chi connectivity index (χ2n) is 2.84. The topological polar surface area (TPSA) is 29.1 Å². The number of fused-ring (bicyclic) bond motifs is 1. The lowest BCUT2D eigenvalue weighted by atomic mass is 10.1. The van der Waals surface area contributed by atoms with E-state index in [1.807, 2.05) is 0 Å². The first-order chi connectivity index (χ1) is 6.42. The van der Waals surface area contributed by atoms with Gasteiger partial charge in [-0.25, -0.2) is 0 Å². The van der Waals surface area contributed by atoms with Gasteiger partial charge >= 0.3 is 0 Å². The van der Waals surface area contributed by atoms with Gasteiger partial charge in [-0.15, -0.1) is 0 Å². The summed E-state index contributed by atoms with van der Waals surface area (Å²) in [7, 11) is 0. The van der Waals surface area contributed by atoms with Crippen LogP contribution in [-0.4, -0.2) is 10.2 Å². The van der Waals surface area contributed by atoms with Crippen molar-refractivity contribution in [3.8, 4) is 0 Å². The number of rotatable bonds is 0. The summed E-state index contributed by atoms with van der Waals surface area (Å²) in [5, 5.41) is 3.30. The first-order valence-electron chi connectivity index (χ1n) is 3.61. The molecule has 0 fully saturated rings. The van der Waals surface area contributed by atoms with Crippen molar-refractivity contribution in [2.24, 2.45) is 0 Å². The zero-order valence-corrected chi connectivity index (χ0v) is 9.60. The summed E-state index contributed by atoms with van der Waals surface area (Å²) in [5.41, 5.74) is 0.735. The maximum absolute atomic E-state index is 11.6. The molecule has 1 aliphatic heterocycles. The van der Waals surface area contributed by atoms with Gasteiger partial charge in [-0.2, -0.15) is 0 Å². The molecule has 0 saturated carbocycles. The number of benzene rings is 1. The minimum absolute atomic E-state index is 0.313. The third-order valence-electron chi connectivity index (χ3n) is 1.87. The standard InChI is InChI=1S/C8H3Cl4NO/c9-3-1-4-6(5(10)2-3)13-8(11,12)7(4)14/h1-2,13H. The first kappa shape index (κ1) is 10.4. The number of carbonyl (C=O) groups excluding carboxylic acids is 1. The molecule has 6 heteroatoms. The number of nitrogens with one attached hydrogen (secondary N) is 1. The highest BCUT2D eigenvalue weighted by molar-refractivity contribution is 6.63. The van der Waals surface area contributed by atoms with Crippen molar-refractivity contribution in [1.82, 2.24) is 0 Å². The summed E-state index contributed by atoms with van der Waals surface area (Å²) in [6.45, 7) is 0. The number of anilines is 1. The zero-order valence-electron chi connectivity index (χ0n) is 6.57. The van der Waals surface area contributed by atoms with Crippen LogP contribution < -0.4 is 5.32 Å². The Morgan fingerprint density at radius 1 is 1.21 bits per heavy atom. The number of hydrogen-bond acceptors (Lipinski definition) is 2. The number of hydrogen-bond donors (Lipinski definition) is 1. The number of alkyl halides is 2. The molecule has 0 spiro atoms. The average Bonchev–Trinajstić information content (AvgIpc) is 2.28. The second-order valence-corrected chi connectivity index (χ2v) is 5.01. The lowest BCUT2D eigenvalue weighted by molar-refractivity contribution is 0.0990. The van der Waals surface area contributed by atoms with E-state index in [2.05, 4.69) is 5.32 Å². The molecular weight excluding hydrogens is 268 g/mol. The highest BCUT2D eigenvalue weighted by Crippen LogP contribution is 2.43. The molecule has 14 heavy (non-hydrogen) atoms. The molecule has 2 nitrogen and oxygen atoms in total. The SMILES string of the molecule is O=C1c2cc(Cl)cc(Cl)c2NC1(Cl)Cl. The van der Waals surface area contributed by atoms with Crippen molar-refractivity contribution in [3.63, 3.8) is 0 Å². The Kier molecular flexibility index (Phi) is 2.35. The zero-order chi connectivity index (χ0) is 10.5. The summed E-state index contributed by atoms with van der Waals surface area (Å²) >= 11 is 23.0. The Labute approximate surface area is 100 Å². The molecule has 1 heterocycles. The fourth-order valence-corrected chi connectivity index (χ4v) is 2.20. The summed E-state index contributed by atoms with van der Waals surface area (Å²) in [5.74, 6) is -0.444. The monoisotopic (exact) mass is 269 g/mol. The molecule has 0 saturated heterocycles. The van der Waals surface area contributed by atoms with Gasteiger partial charge in [-0.05, 0) is 12.1 Å². The van der Waals surface area contributed by atoms with E-state index in [0.29, 0.717) is 21.3 Å². The molecule has 0 atom stereocenters. The second kappa shape index (κ2) is 3.17. The largest absolute Gasteiger partial charge is 0.346 e. The van der Waals surface area contributed by atoms with Crippen molar-refractivity contribution in [2.75, 3.05) is 5.32 Å². The van der Waals surface area contributed by atoms with Crippen molar-refractivity contribution >= 4 is 57.9 Å². The quantitative estimate of drug-likeness (QED) is 0.575. The molecule has 0 aromatic heterocycles. The van der Waals surface area contributed by atoms with E-state index in [-0.39, 0.29) is 0 Å². The molecule has 0 amide bonds. The number of carbonyl (C=O) groups is 1. The van der Waals surface area contributed by atoms with E-state index in [0.717, 1.165) is 0 Å². The predicted octanol–water partition coefficient (Wildman–Crippen LogP) is 3.73. The van der Waals surface area contributed by atoms with Crippen LogP contribution in [0.25, 0.3) is 0 Å². The molecule has 0 radical (unpaired) electrons. The Morgan fingerprint density at radius 2 is 1.86 bits per heavy atom. The summed E-state index contributed by atoms with van der Waals surface area (Å²) in [4.78, 5) is 11.6. The third-order valence-corrected chi connectivity index (χ3v) is 2.92. The maximum Gasteiger partial charge on any atom is 0.252 e. The van der Waals surface area contributed by atoms with Gasteiger partial charge in [-0.3, -0.25) is 4.79 Å². The molecule has 0 aliphatic carbocycles. The number of halogens is 4. The molecule has 1 aliphatic rings. The van der Waals surface area contributed by atoms with E-state index < -0.39 is 10.2 Å². The van der Waals surface area contributed by atoms with Gasteiger partial charge < -0.3 is 5.32 Å². The molecular formula is C8H3Cl4NO. The fraction of sp³-hybridized carbons (Fsp3) is 0.125. The van der Waals surface area contributed by atoms with Crippen molar-refractivity contribution < 1.29 is 4.79 Å². The van der Waals surface area contributed by atoms with E-state index >= 15 is 0 Å². The van der Waals surface area contributed by atoms with Crippen LogP contribution in [0.2, 0.25) is 10.0 Å². The Hall–Kier alpha value is -0.150. The van der Waals surface area contributed by atoms with Crippen molar-refractivity contribution in [2.45, 2.75) is 4.46 Å². The minimum Gasteiger partial charge on any atom is -0.346 e. The van der Waals surface area contributed by atoms with E-state index in [4.69, 9.17) is 46.4 Å². The smallest absolute Gasteiger partial charge is 0.252 e. The lowest BCUT2D eigenvalue weighted by Gasteiger charge is -2.10. The van der Waals surface area contributed by atoms with Crippen LogP contribution in [-0.2, 0) is 0 Å². The average molecular weight is 271 g/mol. The number of ketones is 1. The molecule has 0 bridgehead atoms. The molecule has 1 aromatic rings. The van der Waals surface area contributed by atoms with Crippen molar-refractivity contribution in [1.29, 1.82) is 0 Å². The van der Waals surface area contributed by atoms with Crippen LogP contribution in [0.15, 0.2) is 12.1 Å². The van der Waals surface area contributed by atoms with E-state index in [1.54, 1.807) is 0 Å². The van der Waals surface area contributed by atoms with Crippen LogP contribution in [0.3, 0.4) is 0 Å². The Bertz CT molecular complexity index is 430. The molecule has 74 valence electrons. The minimum atomic E-state index is -1.64. The predicted molar refractivity (Wildman–Crippen MR) is 58.9 cm³/mol. The van der Waals surface area contributed by atoms with Crippen molar-refractivity contribution in [3.05, 3.63) is 27.7 Å². The van der Waals surface area contributed by atoms with Crippen LogP contribution in [0.4, 0.5) is 5.69 Å². The molecule has 1 N–H and O–H groups in total. The normalized spacial score (nSPS) is 17.9. The van der Waals surface area contributed by atoms with Gasteiger partial charge in [0.1, 0.15) is 0 Å². The van der Waals surface area contributed by atoms with E-state index in [9.17, 15) is 4.79 Å². The highest BCUT2D eigenvalue weighted by Gasteiger charge is 2.43. The van der Waals surface area contributed by atoms with Gasteiger partial charge in [-0.1, -0.05) is 46.4 Å². The maximum atomic E-state index is 11.6. The van der Waals surface area contributed by atoms with E-state index in [1.165, 1.54) is 12.1 Å². The molecule has 2 rings (SSSR count). The summed E-state index contributed by atoms with van der Waals surface area (Å²) in [6.07, 6.45) is 0. The summed E-state index contributed by atoms with van der Waals surface area (Å²) < 4.78 is -1.64. The van der Waals surface area contributed by atoms with Crippen LogP contribution in [0.1, 0.15) is 10.4 Å². The molecule has 0 unspecified atom stereocenters. The van der Waals surface area contributed by atoms with Crippen LogP contribution in [0.5, 0.6) is 0 Å². The molecule has 1 aromatic carbocycles. The lowest BCUT2D eigenvalue weighted by Crippen LogP contribution is -2.27. The highest BCUT2D eigenvalue weighted by atomic mass is 35.5. The van der Waals surface area contributed by atoms with Gasteiger partial charge in [0.2, 0.25) is 5.78 Å². The summed E-state index contributed by atoms with van der Waals surface area (Å²) in [6, 6.07) is 2.99. The van der Waals surface area contributed by atoms with Crippen LogP contribution in [0, 0.1) is 0 Å². The Morgan fingerprint density at radius 3 is 2.50 bits per heavy atom. The Balaban J connectivity index is 2.65. The number of Topliss-reactive ketones (excluding diaryl/α,β-unsaturated/α-hetero) is 1. The van der Waals surface area contributed by atoms with Crippen LogP contribution >= 0.6 is 46.4 Å². The third kappa shape index (κ3) is 1.47.